The molecule has 0 radical (unpaired) electrons. The Morgan fingerprint density at radius 2 is 1.96 bits per heavy atom. The number of hydrogen-bond acceptors (Lipinski definition) is 4. The molecule has 1 N–H and O–H groups in total. The molecular weight excluding hydrogens is 364 g/mol. The van der Waals surface area contributed by atoms with E-state index in [-0.39, 0.29) is 23.8 Å². The van der Waals surface area contributed by atoms with Crippen molar-refractivity contribution in [1.29, 1.82) is 0 Å². The molecule has 27 heavy (non-hydrogen) atoms. The molecule has 1 amide bonds. The van der Waals surface area contributed by atoms with E-state index in [4.69, 9.17) is 4.74 Å². The maximum absolute atomic E-state index is 12.2. The molecule has 0 aromatic heterocycles. The van der Waals surface area contributed by atoms with Gasteiger partial charge >= 0.3 is 0 Å². The van der Waals surface area contributed by atoms with Gasteiger partial charge in [-0.05, 0) is 51.2 Å². The second kappa shape index (κ2) is 7.89. The average molecular weight is 395 g/mol. The lowest BCUT2D eigenvalue weighted by Gasteiger charge is -2.47. The fraction of sp³-hybridized carbons (Fsp3) is 0.650. The van der Waals surface area contributed by atoms with Crippen molar-refractivity contribution in [2.24, 2.45) is 0 Å². The summed E-state index contributed by atoms with van der Waals surface area (Å²) in [7, 11) is -3.19. The molecule has 1 aromatic rings. The summed E-state index contributed by atoms with van der Waals surface area (Å²) in [4.78, 5) is 12.2. The van der Waals surface area contributed by atoms with E-state index in [1.165, 1.54) is 5.56 Å². The summed E-state index contributed by atoms with van der Waals surface area (Å²) in [6.07, 6.45) is 2.08. The minimum atomic E-state index is -3.19. The van der Waals surface area contributed by atoms with Gasteiger partial charge in [-0.1, -0.05) is 24.3 Å². The molecule has 2 aliphatic rings. The summed E-state index contributed by atoms with van der Waals surface area (Å²) >= 11 is 0. The minimum Gasteiger partial charge on any atom is -0.366 e. The predicted molar refractivity (Wildman–Crippen MR) is 105 cm³/mol. The zero-order chi connectivity index (χ0) is 19.7. The van der Waals surface area contributed by atoms with Crippen LogP contribution in [0.15, 0.2) is 24.3 Å². The lowest BCUT2D eigenvalue weighted by Crippen LogP contribution is -2.51. The van der Waals surface area contributed by atoms with Crippen LogP contribution in [0.25, 0.3) is 0 Å². The van der Waals surface area contributed by atoms with Gasteiger partial charge in [0.15, 0.2) is 0 Å². The van der Waals surface area contributed by atoms with Crippen molar-refractivity contribution in [3.8, 4) is 0 Å². The lowest BCUT2D eigenvalue weighted by atomic mass is 9.78. The number of nitrogens with zero attached hydrogens (tertiary/aromatic N) is 1. The van der Waals surface area contributed by atoms with Crippen molar-refractivity contribution in [2.45, 2.75) is 64.2 Å². The van der Waals surface area contributed by atoms with Gasteiger partial charge < -0.3 is 10.1 Å². The van der Waals surface area contributed by atoms with Crippen LogP contribution in [-0.4, -0.2) is 49.6 Å². The van der Waals surface area contributed by atoms with E-state index < -0.39 is 15.6 Å². The number of rotatable bonds is 5. The van der Waals surface area contributed by atoms with E-state index in [0.29, 0.717) is 38.8 Å². The van der Waals surface area contributed by atoms with Gasteiger partial charge in [0.25, 0.3) is 0 Å². The molecule has 1 spiro atoms. The zero-order valence-electron chi connectivity index (χ0n) is 16.4. The third-order valence-electron chi connectivity index (χ3n) is 5.50. The first kappa shape index (κ1) is 20.3. The maximum atomic E-state index is 12.2. The van der Waals surface area contributed by atoms with Crippen molar-refractivity contribution in [3.63, 3.8) is 0 Å². The Labute approximate surface area is 162 Å². The molecule has 1 saturated heterocycles. The molecular formula is C20H30N2O4S. The number of fused-ring (bicyclic) bond motifs is 2. The number of carbonyl (C=O) groups is 1. The number of hydrogen-bond donors (Lipinski definition) is 1. The predicted octanol–water partition coefficient (Wildman–Crippen LogP) is 2.18. The van der Waals surface area contributed by atoms with Gasteiger partial charge in [-0.2, -0.15) is 0 Å². The highest BCUT2D eigenvalue weighted by molar-refractivity contribution is 7.89. The summed E-state index contributed by atoms with van der Waals surface area (Å²) in [6.45, 7) is 6.47. The van der Waals surface area contributed by atoms with Crippen molar-refractivity contribution >= 4 is 15.9 Å². The third-order valence-corrected chi connectivity index (χ3v) is 7.38. The summed E-state index contributed by atoms with van der Waals surface area (Å²) in [5.41, 5.74) is 1.86. The molecule has 0 saturated carbocycles. The van der Waals surface area contributed by atoms with Crippen LogP contribution < -0.4 is 5.32 Å². The van der Waals surface area contributed by atoms with E-state index in [1.807, 2.05) is 26.0 Å². The highest BCUT2D eigenvalue weighted by atomic mass is 32.2. The Balaban J connectivity index is 1.81. The first-order chi connectivity index (χ1) is 12.8. The Morgan fingerprint density at radius 1 is 1.30 bits per heavy atom. The number of nitrogens with one attached hydrogen (secondary N) is 1. The van der Waals surface area contributed by atoms with Gasteiger partial charge in [0.1, 0.15) is 0 Å². The molecule has 0 aliphatic carbocycles. The zero-order valence-corrected chi connectivity index (χ0v) is 17.2. The van der Waals surface area contributed by atoms with Crippen LogP contribution >= 0.6 is 0 Å². The quantitative estimate of drug-likeness (QED) is 0.831. The molecule has 1 aromatic carbocycles. The lowest BCUT2D eigenvalue weighted by molar-refractivity contribution is -0.146. The highest BCUT2D eigenvalue weighted by Gasteiger charge is 2.45. The standard InChI is InChI=1S/C20H30N2O4S/c1-4-27(24,25)22-11-9-20(10-12-22)18-8-6-5-7-16(18)13-17(26-20)14-19(23)21-15(2)3/h5-8,15,17H,4,9-14H2,1-3H3,(H,21,23)/t17-/m1/s1. The molecule has 1 fully saturated rings. The molecule has 0 bridgehead atoms. The van der Waals surface area contributed by atoms with Gasteiger partial charge in [0.2, 0.25) is 15.9 Å². The van der Waals surface area contributed by atoms with Crippen LogP contribution in [0.3, 0.4) is 0 Å². The van der Waals surface area contributed by atoms with Crippen LogP contribution in [0.4, 0.5) is 0 Å². The highest BCUT2D eigenvalue weighted by Crippen LogP contribution is 2.44. The maximum Gasteiger partial charge on any atom is 0.222 e. The molecule has 6 nitrogen and oxygen atoms in total. The fourth-order valence-electron chi connectivity index (χ4n) is 4.21. The number of carbonyl (C=O) groups excluding carboxylic acids is 1. The largest absolute Gasteiger partial charge is 0.366 e. The first-order valence-electron chi connectivity index (χ1n) is 9.79. The van der Waals surface area contributed by atoms with Crippen molar-refractivity contribution in [3.05, 3.63) is 35.4 Å². The molecule has 2 heterocycles. The molecule has 0 unspecified atom stereocenters. The molecule has 150 valence electrons. The van der Waals surface area contributed by atoms with Gasteiger partial charge in [0, 0.05) is 19.1 Å². The van der Waals surface area contributed by atoms with Crippen LogP contribution in [0.5, 0.6) is 0 Å². The summed E-state index contributed by atoms with van der Waals surface area (Å²) in [5, 5.41) is 2.93. The van der Waals surface area contributed by atoms with Crippen LogP contribution in [0.2, 0.25) is 0 Å². The second-order valence-electron chi connectivity index (χ2n) is 7.82. The summed E-state index contributed by atoms with van der Waals surface area (Å²) in [5.74, 6) is 0.116. The Morgan fingerprint density at radius 3 is 2.59 bits per heavy atom. The fourth-order valence-corrected chi connectivity index (χ4v) is 5.31. The number of ether oxygens (including phenoxy) is 1. The molecule has 7 heteroatoms. The van der Waals surface area contributed by atoms with E-state index in [2.05, 4.69) is 17.4 Å². The number of piperidine rings is 1. The number of amides is 1. The van der Waals surface area contributed by atoms with Gasteiger partial charge in [-0.15, -0.1) is 0 Å². The number of benzene rings is 1. The molecule has 2 aliphatic heterocycles. The van der Waals surface area contributed by atoms with Crippen molar-refractivity contribution in [2.75, 3.05) is 18.8 Å². The number of sulfonamides is 1. The first-order valence-corrected chi connectivity index (χ1v) is 11.4. The Kier molecular flexibility index (Phi) is 5.93. The normalized spacial score (nSPS) is 22.6. The molecule has 3 rings (SSSR count). The Bertz CT molecular complexity index is 783. The van der Waals surface area contributed by atoms with Crippen LogP contribution in [-0.2, 0) is 31.6 Å². The van der Waals surface area contributed by atoms with E-state index >= 15 is 0 Å². The average Bonchev–Trinajstić information content (AvgIpc) is 2.61. The van der Waals surface area contributed by atoms with Gasteiger partial charge in [0.05, 0.1) is 23.9 Å². The summed E-state index contributed by atoms with van der Waals surface area (Å²) < 4.78 is 32.5. The van der Waals surface area contributed by atoms with E-state index in [1.54, 1.807) is 11.2 Å². The SMILES string of the molecule is CCS(=O)(=O)N1CCC2(CC1)O[C@@H](CC(=O)NC(C)C)Cc1ccccc12. The van der Waals surface area contributed by atoms with Crippen LogP contribution in [0.1, 0.15) is 51.2 Å². The topological polar surface area (TPSA) is 75.7 Å². The minimum absolute atomic E-state index is 0.00414. The van der Waals surface area contributed by atoms with Crippen molar-refractivity contribution in [1.82, 2.24) is 9.62 Å². The Hall–Kier alpha value is -1.44. The summed E-state index contributed by atoms with van der Waals surface area (Å²) in [6, 6.07) is 8.31. The third kappa shape index (κ3) is 4.36. The van der Waals surface area contributed by atoms with Crippen molar-refractivity contribution < 1.29 is 17.9 Å². The van der Waals surface area contributed by atoms with Crippen LogP contribution in [0, 0.1) is 0 Å². The van der Waals surface area contributed by atoms with E-state index in [9.17, 15) is 13.2 Å². The van der Waals surface area contributed by atoms with Gasteiger partial charge in [-0.3, -0.25) is 4.79 Å². The second-order valence-corrected chi connectivity index (χ2v) is 10.1. The smallest absolute Gasteiger partial charge is 0.222 e. The van der Waals surface area contributed by atoms with Gasteiger partial charge in [-0.25, -0.2) is 12.7 Å². The molecule has 1 atom stereocenters. The monoisotopic (exact) mass is 394 g/mol. The van der Waals surface area contributed by atoms with E-state index in [0.717, 1.165) is 5.56 Å².